The van der Waals surface area contributed by atoms with Crippen molar-refractivity contribution >= 4 is 60.2 Å². The molecule has 40 heavy (non-hydrogen) atoms. The Morgan fingerprint density at radius 3 is 2.23 bits per heavy atom. The Morgan fingerprint density at radius 2 is 1.57 bits per heavy atom. The third-order valence-electron chi connectivity index (χ3n) is 7.45. The number of imidazole rings is 1. The van der Waals surface area contributed by atoms with Gasteiger partial charge in [-0.1, -0.05) is 25.0 Å². The molecule has 2 fully saturated rings. The summed E-state index contributed by atoms with van der Waals surface area (Å²) in [4.78, 5) is 14.3. The minimum atomic E-state index is -4.32. The summed E-state index contributed by atoms with van der Waals surface area (Å²) in [6.07, 6.45) is 6.27. The molecule has 224 valence electrons. The average Bonchev–Trinajstić information content (AvgIpc) is 3.55. The van der Waals surface area contributed by atoms with Gasteiger partial charge in [-0.2, -0.15) is 23.1 Å². The number of hydrogen-bond acceptors (Lipinski definition) is 7. The van der Waals surface area contributed by atoms with E-state index >= 15 is 0 Å². The van der Waals surface area contributed by atoms with E-state index in [0.717, 1.165) is 67.4 Å². The van der Waals surface area contributed by atoms with Crippen molar-refractivity contribution in [3.63, 3.8) is 0 Å². The fourth-order valence-corrected chi connectivity index (χ4v) is 5.31. The van der Waals surface area contributed by atoms with Crippen molar-refractivity contribution in [3.8, 4) is 0 Å². The van der Waals surface area contributed by atoms with E-state index in [1.807, 2.05) is 6.33 Å². The number of fused-ring (bicyclic) bond motifs is 1. The van der Waals surface area contributed by atoms with Crippen LogP contribution in [0.25, 0.3) is 11.2 Å². The number of halogens is 6. The molecular formula is C26H38Cl3F3N8. The van der Waals surface area contributed by atoms with Gasteiger partial charge in [-0.05, 0) is 56.2 Å². The van der Waals surface area contributed by atoms with Crippen molar-refractivity contribution in [2.45, 2.75) is 82.2 Å². The van der Waals surface area contributed by atoms with Gasteiger partial charge in [0.05, 0.1) is 11.9 Å². The highest BCUT2D eigenvalue weighted by Gasteiger charge is 2.30. The molecule has 2 aromatic heterocycles. The molecule has 1 aromatic carbocycles. The molecule has 0 amide bonds. The fraction of sp³-hybridized carbons (Fsp3) is 0.577. The molecule has 3 aromatic rings. The van der Waals surface area contributed by atoms with Crippen LogP contribution in [-0.4, -0.2) is 44.7 Å². The van der Waals surface area contributed by atoms with E-state index in [1.54, 1.807) is 0 Å². The summed E-state index contributed by atoms with van der Waals surface area (Å²) in [6, 6.07) is 6.23. The first-order valence-corrected chi connectivity index (χ1v) is 13.2. The third-order valence-corrected chi connectivity index (χ3v) is 7.45. The van der Waals surface area contributed by atoms with E-state index in [9.17, 15) is 13.2 Å². The molecule has 2 aliphatic rings. The largest absolute Gasteiger partial charge is 0.416 e. The second kappa shape index (κ2) is 15.3. The van der Waals surface area contributed by atoms with Crippen molar-refractivity contribution in [3.05, 3.63) is 41.7 Å². The van der Waals surface area contributed by atoms with Crippen LogP contribution >= 0.6 is 37.2 Å². The molecule has 14 heteroatoms. The maximum absolute atomic E-state index is 12.8. The minimum Gasteiger partial charge on any atom is -0.367 e. The maximum atomic E-state index is 12.8. The van der Waals surface area contributed by atoms with E-state index in [-0.39, 0.29) is 43.3 Å². The molecule has 2 heterocycles. The van der Waals surface area contributed by atoms with Gasteiger partial charge in [0.15, 0.2) is 17.0 Å². The summed E-state index contributed by atoms with van der Waals surface area (Å²) in [5.74, 6) is 1.29. The maximum Gasteiger partial charge on any atom is 0.416 e. The molecule has 5 N–H and O–H groups in total. The molecule has 8 nitrogen and oxygen atoms in total. The normalized spacial score (nSPS) is 19.4. The van der Waals surface area contributed by atoms with E-state index < -0.39 is 11.7 Å². The lowest BCUT2D eigenvalue weighted by Crippen LogP contribution is -2.33. The van der Waals surface area contributed by atoms with Crippen molar-refractivity contribution in [1.82, 2.24) is 24.8 Å². The smallest absolute Gasteiger partial charge is 0.367 e. The van der Waals surface area contributed by atoms with Crippen LogP contribution in [0.4, 0.5) is 24.9 Å². The Balaban J connectivity index is 0.00000187. The summed E-state index contributed by atoms with van der Waals surface area (Å²) in [5.41, 5.74) is 7.84. The summed E-state index contributed by atoms with van der Waals surface area (Å²) in [6.45, 7) is 1.67. The van der Waals surface area contributed by atoms with Crippen LogP contribution in [0, 0.1) is 0 Å². The quantitative estimate of drug-likeness (QED) is 0.213. The SMILES string of the molecule is Cl.Cl.Cl.NC1CCC(Nc2nc(NCCNCc3ccc(C(F)(F)F)cc3)c3ncn(C4CCCC4)c3n2)CC1. The topological polar surface area (TPSA) is 106 Å². The average molecular weight is 626 g/mol. The predicted octanol–water partition coefficient (Wildman–Crippen LogP) is 6.11. The number of anilines is 2. The number of benzene rings is 1. The van der Waals surface area contributed by atoms with Gasteiger partial charge in [0.2, 0.25) is 5.95 Å². The number of nitrogens with one attached hydrogen (secondary N) is 3. The number of hydrogen-bond donors (Lipinski definition) is 4. The molecular weight excluding hydrogens is 588 g/mol. The second-order valence-corrected chi connectivity index (χ2v) is 10.2. The van der Waals surface area contributed by atoms with Crippen molar-refractivity contribution < 1.29 is 13.2 Å². The molecule has 0 unspecified atom stereocenters. The van der Waals surface area contributed by atoms with E-state index in [1.165, 1.54) is 25.0 Å². The van der Waals surface area contributed by atoms with Crippen LogP contribution in [0.5, 0.6) is 0 Å². The van der Waals surface area contributed by atoms with Crippen molar-refractivity contribution in [1.29, 1.82) is 0 Å². The van der Waals surface area contributed by atoms with Crippen LogP contribution in [0.2, 0.25) is 0 Å². The minimum absolute atomic E-state index is 0. The van der Waals surface area contributed by atoms with E-state index in [2.05, 4.69) is 25.5 Å². The molecule has 2 aliphatic carbocycles. The second-order valence-electron chi connectivity index (χ2n) is 10.2. The third kappa shape index (κ3) is 8.48. The monoisotopic (exact) mass is 624 g/mol. The zero-order chi connectivity index (χ0) is 25.8. The van der Waals surface area contributed by atoms with E-state index in [4.69, 9.17) is 15.7 Å². The van der Waals surface area contributed by atoms with Gasteiger partial charge >= 0.3 is 6.18 Å². The lowest BCUT2D eigenvalue weighted by atomic mass is 9.92. The van der Waals surface area contributed by atoms with Crippen molar-refractivity contribution in [2.75, 3.05) is 23.7 Å². The zero-order valence-corrected chi connectivity index (χ0v) is 24.6. The molecule has 2 saturated carbocycles. The zero-order valence-electron chi connectivity index (χ0n) is 22.1. The van der Waals surface area contributed by atoms with Gasteiger partial charge in [0, 0.05) is 37.8 Å². The molecule has 5 rings (SSSR count). The Kier molecular flexibility index (Phi) is 13.0. The van der Waals surface area contributed by atoms with Gasteiger partial charge in [-0.3, -0.25) is 0 Å². The summed E-state index contributed by atoms with van der Waals surface area (Å²) >= 11 is 0. The molecule has 0 radical (unpaired) electrons. The number of nitrogens with zero attached hydrogens (tertiary/aromatic N) is 4. The first-order chi connectivity index (χ1) is 17.9. The Bertz CT molecular complexity index is 1180. The van der Waals surface area contributed by atoms with Gasteiger partial charge in [-0.25, -0.2) is 4.98 Å². The lowest BCUT2D eigenvalue weighted by Gasteiger charge is -2.27. The molecule has 0 aliphatic heterocycles. The lowest BCUT2D eigenvalue weighted by molar-refractivity contribution is -0.137. The molecule has 0 saturated heterocycles. The highest BCUT2D eigenvalue weighted by molar-refractivity contribution is 5.86. The van der Waals surface area contributed by atoms with Gasteiger partial charge in [0.25, 0.3) is 0 Å². The van der Waals surface area contributed by atoms with Crippen LogP contribution in [0.3, 0.4) is 0 Å². The number of alkyl halides is 3. The standard InChI is InChI=1S/C26H35F3N8.3ClH/c27-26(28,29)18-7-5-17(6-8-18)15-31-13-14-32-23-22-24(37(16-33-22)21-3-1-2-4-21)36-25(35-23)34-20-11-9-19(30)10-12-20;;;/h5-8,16,19-21,31H,1-4,9-15,30H2,(H2,32,34,35,36);3*1H. The fourth-order valence-electron chi connectivity index (χ4n) is 5.31. The van der Waals surface area contributed by atoms with Crippen LogP contribution in [0.1, 0.15) is 68.5 Å². The van der Waals surface area contributed by atoms with Crippen molar-refractivity contribution in [2.24, 2.45) is 5.73 Å². The van der Waals surface area contributed by atoms with Gasteiger partial charge < -0.3 is 26.3 Å². The Hall–Kier alpha value is -2.05. The van der Waals surface area contributed by atoms with E-state index in [0.29, 0.717) is 43.5 Å². The first-order valence-electron chi connectivity index (χ1n) is 13.2. The first kappa shape index (κ1) is 34.2. The number of nitrogens with two attached hydrogens (primary N) is 1. The predicted molar refractivity (Wildman–Crippen MR) is 160 cm³/mol. The Labute approximate surface area is 251 Å². The highest BCUT2D eigenvalue weighted by Crippen LogP contribution is 2.33. The van der Waals surface area contributed by atoms with Crippen LogP contribution in [0.15, 0.2) is 30.6 Å². The Morgan fingerprint density at radius 1 is 0.900 bits per heavy atom. The summed E-state index contributed by atoms with van der Waals surface area (Å²) in [5, 5.41) is 10.2. The summed E-state index contributed by atoms with van der Waals surface area (Å²) < 4.78 is 40.5. The van der Waals surface area contributed by atoms with Crippen LogP contribution in [-0.2, 0) is 12.7 Å². The molecule has 0 atom stereocenters. The van der Waals surface area contributed by atoms with Crippen LogP contribution < -0.4 is 21.7 Å². The number of aromatic nitrogens is 4. The van der Waals surface area contributed by atoms with Gasteiger partial charge in [0.1, 0.15) is 0 Å². The summed E-state index contributed by atoms with van der Waals surface area (Å²) in [7, 11) is 0. The molecule has 0 bridgehead atoms. The highest BCUT2D eigenvalue weighted by atomic mass is 35.5. The molecule has 0 spiro atoms. The number of rotatable bonds is 9. The van der Waals surface area contributed by atoms with Gasteiger partial charge in [-0.15, -0.1) is 37.2 Å².